The van der Waals surface area contributed by atoms with E-state index in [1.54, 1.807) is 0 Å². The topological polar surface area (TPSA) is 54.4 Å². The first-order valence-corrected chi connectivity index (χ1v) is 5.96. The third kappa shape index (κ3) is 2.51. The standard InChI is InChI=1S/C9H10F2O3S/c1-15(13,14)8-5-3-2-4-7(8)9(10,11)6-12/h2-5,12H,6H2,1H3. The predicted octanol–water partition coefficient (Wildman–Crippen LogP) is 1.17. The van der Waals surface area contributed by atoms with Crippen molar-refractivity contribution < 1.29 is 22.3 Å². The van der Waals surface area contributed by atoms with E-state index in [1.165, 1.54) is 12.1 Å². The van der Waals surface area contributed by atoms with Gasteiger partial charge in [0.25, 0.3) is 5.92 Å². The van der Waals surface area contributed by atoms with Gasteiger partial charge in [0.1, 0.15) is 6.61 Å². The molecule has 0 bridgehead atoms. The Bertz CT molecular complexity index is 454. The van der Waals surface area contributed by atoms with Crippen LogP contribution in [-0.2, 0) is 15.8 Å². The van der Waals surface area contributed by atoms with Gasteiger partial charge in [0.2, 0.25) is 0 Å². The molecule has 0 heterocycles. The maximum Gasteiger partial charge on any atom is 0.297 e. The molecule has 0 aliphatic rings. The van der Waals surface area contributed by atoms with E-state index >= 15 is 0 Å². The van der Waals surface area contributed by atoms with E-state index < -0.39 is 32.8 Å². The number of hydrogen-bond donors (Lipinski definition) is 1. The fraction of sp³-hybridized carbons (Fsp3) is 0.333. The van der Waals surface area contributed by atoms with Crippen molar-refractivity contribution in [3.05, 3.63) is 29.8 Å². The second-order valence-electron chi connectivity index (χ2n) is 3.13. The molecule has 0 fully saturated rings. The van der Waals surface area contributed by atoms with Gasteiger partial charge in [0.05, 0.1) is 4.90 Å². The third-order valence-electron chi connectivity index (χ3n) is 1.88. The Morgan fingerprint density at radius 3 is 2.33 bits per heavy atom. The number of halogens is 2. The normalized spacial score (nSPS) is 12.8. The maximum atomic E-state index is 13.2. The Balaban J connectivity index is 3.44. The van der Waals surface area contributed by atoms with Crippen molar-refractivity contribution in [2.24, 2.45) is 0 Å². The number of aliphatic hydroxyl groups excluding tert-OH is 1. The predicted molar refractivity (Wildman–Crippen MR) is 50.5 cm³/mol. The Kier molecular flexibility index (Phi) is 3.11. The molecule has 84 valence electrons. The zero-order chi connectivity index (χ0) is 11.7. The summed E-state index contributed by atoms with van der Waals surface area (Å²) in [6.07, 6.45) is 0.847. The molecular formula is C9H10F2O3S. The van der Waals surface area contributed by atoms with Crippen LogP contribution in [0.15, 0.2) is 29.2 Å². The molecule has 0 radical (unpaired) electrons. The monoisotopic (exact) mass is 236 g/mol. The summed E-state index contributed by atoms with van der Waals surface area (Å²) in [6.45, 7) is -1.42. The summed E-state index contributed by atoms with van der Waals surface area (Å²) in [7, 11) is -3.72. The van der Waals surface area contributed by atoms with Crippen molar-refractivity contribution in [1.29, 1.82) is 0 Å². The lowest BCUT2D eigenvalue weighted by Crippen LogP contribution is -2.21. The summed E-state index contributed by atoms with van der Waals surface area (Å²) in [5.41, 5.74) is -0.671. The minimum absolute atomic E-state index is 0.455. The first kappa shape index (κ1) is 12.1. The van der Waals surface area contributed by atoms with E-state index in [9.17, 15) is 17.2 Å². The molecule has 15 heavy (non-hydrogen) atoms. The van der Waals surface area contributed by atoms with Crippen molar-refractivity contribution in [2.75, 3.05) is 12.9 Å². The second-order valence-corrected chi connectivity index (χ2v) is 5.12. The van der Waals surface area contributed by atoms with Crippen LogP contribution in [0, 0.1) is 0 Å². The molecule has 1 aromatic rings. The molecule has 0 aromatic heterocycles. The van der Waals surface area contributed by atoms with Gasteiger partial charge >= 0.3 is 0 Å². The van der Waals surface area contributed by atoms with E-state index in [-0.39, 0.29) is 0 Å². The minimum Gasteiger partial charge on any atom is -0.390 e. The first-order chi connectivity index (χ1) is 6.79. The van der Waals surface area contributed by atoms with Crippen molar-refractivity contribution in [3.8, 4) is 0 Å². The average Bonchev–Trinajstić information content (AvgIpc) is 2.16. The van der Waals surface area contributed by atoms with Crippen LogP contribution in [0.2, 0.25) is 0 Å². The largest absolute Gasteiger partial charge is 0.390 e. The number of benzene rings is 1. The lowest BCUT2D eigenvalue weighted by atomic mass is 10.1. The van der Waals surface area contributed by atoms with Crippen molar-refractivity contribution >= 4 is 9.84 Å². The summed E-state index contributed by atoms with van der Waals surface area (Å²) in [4.78, 5) is -0.455. The van der Waals surface area contributed by atoms with Crippen LogP contribution in [0.4, 0.5) is 8.78 Å². The van der Waals surface area contributed by atoms with Crippen LogP contribution in [0.5, 0.6) is 0 Å². The van der Waals surface area contributed by atoms with E-state index in [0.29, 0.717) is 0 Å². The van der Waals surface area contributed by atoms with Gasteiger partial charge in [-0.05, 0) is 6.07 Å². The highest BCUT2D eigenvalue weighted by molar-refractivity contribution is 7.90. The fourth-order valence-electron chi connectivity index (χ4n) is 1.18. The highest BCUT2D eigenvalue weighted by atomic mass is 32.2. The van der Waals surface area contributed by atoms with Gasteiger partial charge in [0.15, 0.2) is 9.84 Å². The quantitative estimate of drug-likeness (QED) is 0.857. The second kappa shape index (κ2) is 3.86. The van der Waals surface area contributed by atoms with Gasteiger partial charge in [0, 0.05) is 11.8 Å². The lowest BCUT2D eigenvalue weighted by molar-refractivity contribution is -0.0579. The van der Waals surface area contributed by atoms with E-state index in [0.717, 1.165) is 18.4 Å². The minimum atomic E-state index is -3.72. The summed E-state index contributed by atoms with van der Waals surface area (Å²) >= 11 is 0. The van der Waals surface area contributed by atoms with Gasteiger partial charge in [-0.3, -0.25) is 0 Å². The zero-order valence-corrected chi connectivity index (χ0v) is 8.76. The maximum absolute atomic E-state index is 13.2. The number of sulfone groups is 1. The van der Waals surface area contributed by atoms with Crippen LogP contribution in [0.25, 0.3) is 0 Å². The summed E-state index contributed by atoms with van der Waals surface area (Å²) in [5.74, 6) is -3.54. The molecule has 0 aliphatic heterocycles. The van der Waals surface area contributed by atoms with Crippen molar-refractivity contribution in [1.82, 2.24) is 0 Å². The molecule has 1 rings (SSSR count). The average molecular weight is 236 g/mol. The van der Waals surface area contributed by atoms with E-state index in [1.807, 2.05) is 0 Å². The Morgan fingerprint density at radius 2 is 1.87 bits per heavy atom. The van der Waals surface area contributed by atoms with Gasteiger partial charge in [-0.15, -0.1) is 0 Å². The summed E-state index contributed by atoms with van der Waals surface area (Å²) in [6, 6.07) is 4.74. The number of rotatable bonds is 3. The summed E-state index contributed by atoms with van der Waals surface area (Å²) < 4.78 is 48.7. The highest BCUT2D eigenvalue weighted by Gasteiger charge is 2.35. The molecular weight excluding hydrogens is 226 g/mol. The van der Waals surface area contributed by atoms with E-state index in [4.69, 9.17) is 5.11 Å². The number of alkyl halides is 2. The summed E-state index contributed by atoms with van der Waals surface area (Å²) in [5, 5.41) is 8.49. The molecule has 0 aliphatic carbocycles. The molecule has 1 aromatic carbocycles. The molecule has 0 saturated carbocycles. The third-order valence-corrected chi connectivity index (χ3v) is 3.03. The Labute approximate surface area is 86.3 Å². The lowest BCUT2D eigenvalue weighted by Gasteiger charge is -2.16. The Hall–Kier alpha value is -1.01. The Morgan fingerprint density at radius 1 is 1.33 bits per heavy atom. The van der Waals surface area contributed by atoms with Crippen LogP contribution in [-0.4, -0.2) is 26.4 Å². The SMILES string of the molecule is CS(=O)(=O)c1ccccc1C(F)(F)CO. The van der Waals surface area contributed by atoms with Crippen LogP contribution in [0.3, 0.4) is 0 Å². The molecule has 0 atom stereocenters. The molecule has 0 spiro atoms. The molecule has 0 unspecified atom stereocenters. The van der Waals surface area contributed by atoms with Gasteiger partial charge in [-0.2, -0.15) is 8.78 Å². The molecule has 3 nitrogen and oxygen atoms in total. The molecule has 6 heteroatoms. The van der Waals surface area contributed by atoms with Crippen LogP contribution < -0.4 is 0 Å². The van der Waals surface area contributed by atoms with E-state index in [2.05, 4.69) is 0 Å². The van der Waals surface area contributed by atoms with Crippen molar-refractivity contribution in [2.45, 2.75) is 10.8 Å². The molecule has 1 N–H and O–H groups in total. The van der Waals surface area contributed by atoms with Gasteiger partial charge in [-0.25, -0.2) is 8.42 Å². The number of hydrogen-bond acceptors (Lipinski definition) is 3. The molecule has 0 amide bonds. The van der Waals surface area contributed by atoms with Gasteiger partial charge < -0.3 is 5.11 Å². The smallest absolute Gasteiger partial charge is 0.297 e. The zero-order valence-electron chi connectivity index (χ0n) is 7.94. The van der Waals surface area contributed by atoms with Gasteiger partial charge in [-0.1, -0.05) is 18.2 Å². The first-order valence-electron chi connectivity index (χ1n) is 4.07. The van der Waals surface area contributed by atoms with Crippen LogP contribution in [0.1, 0.15) is 5.56 Å². The number of aliphatic hydroxyl groups is 1. The fourth-order valence-corrected chi connectivity index (χ4v) is 2.12. The highest BCUT2D eigenvalue weighted by Crippen LogP contribution is 2.32. The molecule has 0 saturated heterocycles. The van der Waals surface area contributed by atoms with Crippen molar-refractivity contribution in [3.63, 3.8) is 0 Å². The van der Waals surface area contributed by atoms with Crippen LogP contribution >= 0.6 is 0 Å².